The van der Waals surface area contributed by atoms with Crippen LogP contribution in [-0.2, 0) is 0 Å². The molecule has 0 nitrogen and oxygen atoms in total. The van der Waals surface area contributed by atoms with Gasteiger partial charge in [-0.15, -0.1) is 11.3 Å². The van der Waals surface area contributed by atoms with Gasteiger partial charge in [-0.3, -0.25) is 0 Å². The van der Waals surface area contributed by atoms with Crippen molar-refractivity contribution in [2.45, 2.75) is 0 Å². The zero-order valence-corrected chi connectivity index (χ0v) is 8.11. The zero-order valence-electron chi connectivity index (χ0n) is 3.62. The van der Waals surface area contributed by atoms with E-state index in [-0.39, 0.29) is 0 Å². The summed E-state index contributed by atoms with van der Waals surface area (Å²) >= 11 is 14.8. The number of rotatable bonds is 0. The van der Waals surface area contributed by atoms with E-state index in [1.54, 1.807) is 0 Å². The smallest absolute Gasteiger partial charge is 0.108 e. The lowest BCUT2D eigenvalue weighted by molar-refractivity contribution is 1.89. The lowest BCUT2D eigenvalue weighted by Gasteiger charge is -1.73. The van der Waals surface area contributed by atoms with Crippen LogP contribution in [0.1, 0.15) is 0 Å². The predicted molar refractivity (Wildman–Crippen MR) is 47.1 cm³/mol. The number of hydrogen-bond acceptors (Lipinski definition) is 1. The Labute approximate surface area is 74.9 Å². The molecule has 0 aromatic carbocycles. The van der Waals surface area contributed by atoms with Gasteiger partial charge in [0.2, 0.25) is 0 Å². The van der Waals surface area contributed by atoms with Gasteiger partial charge in [-0.05, 0) is 28.7 Å². The molecule has 0 unspecified atom stereocenters. The molecule has 1 heterocycles. The first-order valence-electron chi connectivity index (χ1n) is 1.80. The SMILES string of the molecule is Clc1cc(I)c(Cl)s1. The minimum atomic E-state index is 0.749. The Hall–Kier alpha value is 1.01. The van der Waals surface area contributed by atoms with Crippen LogP contribution < -0.4 is 0 Å². The lowest BCUT2D eigenvalue weighted by atomic mass is 10.7. The number of hydrogen-bond donors (Lipinski definition) is 0. The molecule has 1 aromatic heterocycles. The first kappa shape index (κ1) is 7.12. The molecule has 0 aliphatic rings. The van der Waals surface area contributed by atoms with Crippen LogP contribution in [0.5, 0.6) is 0 Å². The molecule has 0 aliphatic carbocycles. The van der Waals surface area contributed by atoms with Gasteiger partial charge >= 0.3 is 0 Å². The average Bonchev–Trinajstić information content (AvgIpc) is 1.85. The van der Waals surface area contributed by atoms with E-state index in [4.69, 9.17) is 23.2 Å². The fraction of sp³-hybridized carbons (Fsp3) is 0. The Morgan fingerprint density at radius 2 is 2.12 bits per heavy atom. The number of thiophene rings is 1. The molecule has 0 N–H and O–H groups in total. The Bertz CT molecular complexity index is 176. The van der Waals surface area contributed by atoms with E-state index in [0.29, 0.717) is 0 Å². The summed E-state index contributed by atoms with van der Waals surface area (Å²) in [6, 6.07) is 1.84. The molecule has 1 aromatic rings. The van der Waals surface area contributed by atoms with Crippen LogP contribution >= 0.6 is 57.1 Å². The highest BCUT2D eigenvalue weighted by Crippen LogP contribution is 2.31. The van der Waals surface area contributed by atoms with Gasteiger partial charge in [-0.2, -0.15) is 0 Å². The molecule has 0 aliphatic heterocycles. The summed E-state index contributed by atoms with van der Waals surface area (Å²) in [5.41, 5.74) is 0. The van der Waals surface area contributed by atoms with Crippen LogP contribution in [-0.4, -0.2) is 0 Å². The Morgan fingerprint density at radius 1 is 1.50 bits per heavy atom. The second-order valence-electron chi connectivity index (χ2n) is 1.17. The van der Waals surface area contributed by atoms with Crippen molar-refractivity contribution in [2.24, 2.45) is 0 Å². The van der Waals surface area contributed by atoms with Gasteiger partial charge in [0.1, 0.15) is 4.34 Å². The molecular weight excluding hydrogens is 278 g/mol. The molecule has 0 saturated carbocycles. The second-order valence-corrected chi connectivity index (χ2v) is 4.62. The molecule has 4 heteroatoms. The normalized spacial score (nSPS) is 9.88. The van der Waals surface area contributed by atoms with Crippen molar-refractivity contribution < 1.29 is 0 Å². The molecule has 0 spiro atoms. The Morgan fingerprint density at radius 3 is 2.25 bits per heavy atom. The minimum Gasteiger partial charge on any atom is -0.110 e. The molecule has 0 saturated heterocycles. The zero-order chi connectivity index (χ0) is 6.15. The van der Waals surface area contributed by atoms with Crippen LogP contribution in [0.3, 0.4) is 0 Å². The first-order chi connectivity index (χ1) is 3.70. The van der Waals surface area contributed by atoms with E-state index in [0.717, 1.165) is 12.2 Å². The number of halogens is 3. The summed E-state index contributed by atoms with van der Waals surface area (Å²) in [4.78, 5) is 0. The van der Waals surface area contributed by atoms with Crippen molar-refractivity contribution in [1.29, 1.82) is 0 Å². The largest absolute Gasteiger partial charge is 0.110 e. The van der Waals surface area contributed by atoms with Crippen LogP contribution in [0.25, 0.3) is 0 Å². The van der Waals surface area contributed by atoms with Crippen molar-refractivity contribution in [3.63, 3.8) is 0 Å². The van der Waals surface area contributed by atoms with E-state index in [1.165, 1.54) is 11.3 Å². The summed E-state index contributed by atoms with van der Waals surface area (Å²) in [5, 5.41) is 0. The maximum absolute atomic E-state index is 5.66. The van der Waals surface area contributed by atoms with Gasteiger partial charge in [-0.25, -0.2) is 0 Å². The molecule has 44 valence electrons. The molecule has 0 radical (unpaired) electrons. The van der Waals surface area contributed by atoms with Gasteiger partial charge in [0.25, 0.3) is 0 Å². The van der Waals surface area contributed by atoms with Crippen molar-refractivity contribution in [2.75, 3.05) is 0 Å². The highest BCUT2D eigenvalue weighted by molar-refractivity contribution is 14.1. The summed E-state index contributed by atoms with van der Waals surface area (Å²) in [7, 11) is 0. The van der Waals surface area contributed by atoms with E-state index in [2.05, 4.69) is 22.6 Å². The van der Waals surface area contributed by atoms with Gasteiger partial charge in [0.05, 0.1) is 4.34 Å². The highest BCUT2D eigenvalue weighted by atomic mass is 127. The van der Waals surface area contributed by atoms with E-state index in [1.807, 2.05) is 6.07 Å². The summed E-state index contributed by atoms with van der Waals surface area (Å²) < 4.78 is 2.55. The van der Waals surface area contributed by atoms with Crippen LogP contribution in [0.15, 0.2) is 6.07 Å². The van der Waals surface area contributed by atoms with Crippen LogP contribution in [0, 0.1) is 3.57 Å². The van der Waals surface area contributed by atoms with Crippen molar-refractivity contribution in [3.05, 3.63) is 18.3 Å². The molecule has 0 amide bonds. The summed E-state index contributed by atoms with van der Waals surface area (Å²) in [5.74, 6) is 0. The molecule has 8 heavy (non-hydrogen) atoms. The van der Waals surface area contributed by atoms with Gasteiger partial charge in [0, 0.05) is 3.57 Å². The standard InChI is InChI=1S/C4HCl2IS/c5-3-1-2(7)4(6)8-3/h1H. The lowest BCUT2D eigenvalue weighted by Crippen LogP contribution is -1.52. The molecular formula is C4HCl2IS. The first-order valence-corrected chi connectivity index (χ1v) is 4.45. The molecule has 1 rings (SSSR count). The molecule has 0 fully saturated rings. The fourth-order valence-electron chi connectivity index (χ4n) is 0.320. The third kappa shape index (κ3) is 1.50. The highest BCUT2D eigenvalue weighted by Gasteiger charge is 1.99. The van der Waals surface area contributed by atoms with Crippen LogP contribution in [0.4, 0.5) is 0 Å². The van der Waals surface area contributed by atoms with E-state index >= 15 is 0 Å². The van der Waals surface area contributed by atoms with Crippen molar-refractivity contribution >= 4 is 57.1 Å². The summed E-state index contributed by atoms with van der Waals surface area (Å²) in [6.45, 7) is 0. The van der Waals surface area contributed by atoms with Gasteiger partial charge in [0.15, 0.2) is 0 Å². The minimum absolute atomic E-state index is 0.749. The van der Waals surface area contributed by atoms with Crippen LogP contribution in [0.2, 0.25) is 8.67 Å². The predicted octanol–water partition coefficient (Wildman–Crippen LogP) is 3.66. The van der Waals surface area contributed by atoms with Crippen molar-refractivity contribution in [1.82, 2.24) is 0 Å². The Balaban J connectivity index is 3.14. The van der Waals surface area contributed by atoms with Crippen molar-refractivity contribution in [3.8, 4) is 0 Å². The topological polar surface area (TPSA) is 0 Å². The van der Waals surface area contributed by atoms with E-state index in [9.17, 15) is 0 Å². The maximum atomic E-state index is 5.66. The Kier molecular flexibility index (Phi) is 2.43. The quantitative estimate of drug-likeness (QED) is 0.636. The molecule has 0 bridgehead atoms. The monoisotopic (exact) mass is 278 g/mol. The third-order valence-electron chi connectivity index (χ3n) is 0.615. The van der Waals surface area contributed by atoms with Gasteiger partial charge in [-0.1, -0.05) is 23.2 Å². The summed E-state index contributed by atoms with van der Waals surface area (Å²) in [6.07, 6.45) is 0. The van der Waals surface area contributed by atoms with E-state index < -0.39 is 0 Å². The maximum Gasteiger partial charge on any atom is 0.108 e. The molecule has 0 atom stereocenters. The third-order valence-corrected chi connectivity index (χ3v) is 3.64. The fourth-order valence-corrected chi connectivity index (χ4v) is 2.62. The second kappa shape index (κ2) is 2.73. The van der Waals surface area contributed by atoms with Gasteiger partial charge < -0.3 is 0 Å². The average molecular weight is 279 g/mol.